The van der Waals surface area contributed by atoms with Gasteiger partial charge < -0.3 is 8.94 Å². The summed E-state index contributed by atoms with van der Waals surface area (Å²) >= 11 is 1.82. The molecule has 0 unspecified atom stereocenters. The molecule has 0 amide bonds. The second-order valence-electron chi connectivity index (χ2n) is 7.46. The van der Waals surface area contributed by atoms with Crippen LogP contribution in [0.3, 0.4) is 0 Å². The van der Waals surface area contributed by atoms with Crippen molar-refractivity contribution in [2.45, 2.75) is 20.0 Å². The highest BCUT2D eigenvalue weighted by atomic mass is 32.1. The van der Waals surface area contributed by atoms with Crippen molar-refractivity contribution < 1.29 is 8.94 Å². The summed E-state index contributed by atoms with van der Waals surface area (Å²) < 4.78 is 11.4. The Hall–Kier alpha value is -2.81. The zero-order valence-electron chi connectivity index (χ0n) is 16.8. The lowest BCUT2D eigenvalue weighted by Gasteiger charge is -2.33. The van der Waals surface area contributed by atoms with E-state index in [9.17, 15) is 0 Å². The van der Waals surface area contributed by atoms with Gasteiger partial charge in [0.2, 0.25) is 5.89 Å². The van der Waals surface area contributed by atoms with Crippen molar-refractivity contribution in [2.24, 2.45) is 0 Å². The maximum absolute atomic E-state index is 6.01. The third-order valence-corrected chi connectivity index (χ3v) is 6.24. The summed E-state index contributed by atoms with van der Waals surface area (Å²) in [7, 11) is 0. The van der Waals surface area contributed by atoms with Crippen LogP contribution in [0.25, 0.3) is 22.7 Å². The molecule has 154 valence electrons. The van der Waals surface area contributed by atoms with Gasteiger partial charge >= 0.3 is 0 Å². The van der Waals surface area contributed by atoms with Gasteiger partial charge in [0, 0.05) is 43.2 Å². The lowest BCUT2D eigenvalue weighted by Crippen LogP contribution is -2.45. The average molecular weight is 422 g/mol. The third-order valence-electron chi connectivity index (χ3n) is 5.37. The summed E-state index contributed by atoms with van der Waals surface area (Å²) in [6, 6.07) is 14.2. The van der Waals surface area contributed by atoms with E-state index in [2.05, 4.69) is 42.7 Å². The van der Waals surface area contributed by atoms with Crippen LogP contribution in [0.4, 0.5) is 0 Å². The zero-order chi connectivity index (χ0) is 20.3. The molecule has 7 nitrogen and oxygen atoms in total. The molecule has 4 heterocycles. The second-order valence-corrected chi connectivity index (χ2v) is 8.49. The molecule has 5 rings (SSSR count). The van der Waals surface area contributed by atoms with Gasteiger partial charge in [-0.25, -0.2) is 0 Å². The molecule has 4 aromatic rings. The molecule has 8 heteroatoms. The molecule has 30 heavy (non-hydrogen) atoms. The van der Waals surface area contributed by atoms with Gasteiger partial charge in [-0.15, -0.1) is 21.5 Å². The first-order valence-electron chi connectivity index (χ1n) is 10.1. The van der Waals surface area contributed by atoms with E-state index >= 15 is 0 Å². The molecule has 1 saturated heterocycles. The number of thiophene rings is 1. The van der Waals surface area contributed by atoms with Crippen molar-refractivity contribution in [2.75, 3.05) is 26.2 Å². The molecule has 1 aliphatic rings. The van der Waals surface area contributed by atoms with Crippen LogP contribution in [0.1, 0.15) is 16.5 Å². The molecule has 0 bridgehead atoms. The van der Waals surface area contributed by atoms with Crippen molar-refractivity contribution in [3.05, 3.63) is 64.4 Å². The summed E-state index contributed by atoms with van der Waals surface area (Å²) in [5.74, 6) is 1.75. The number of hydrogen-bond donors (Lipinski definition) is 0. The van der Waals surface area contributed by atoms with E-state index in [1.165, 1.54) is 4.88 Å². The number of hydrogen-bond acceptors (Lipinski definition) is 8. The number of aryl methyl sites for hydroxylation is 1. The van der Waals surface area contributed by atoms with E-state index in [4.69, 9.17) is 8.94 Å². The van der Waals surface area contributed by atoms with Crippen molar-refractivity contribution in [1.82, 2.24) is 25.2 Å². The fraction of sp³-hybridized carbons (Fsp3) is 0.318. The SMILES string of the molecule is Cc1onc(-c2ccccc2)c1-c1nnc(CN2CCN(Cc3cccs3)CC2)o1. The quantitative estimate of drug-likeness (QED) is 0.464. The fourth-order valence-corrected chi connectivity index (χ4v) is 4.50. The Labute approximate surface area is 178 Å². The van der Waals surface area contributed by atoms with Crippen LogP contribution in [0.2, 0.25) is 0 Å². The van der Waals surface area contributed by atoms with E-state index in [1.807, 2.05) is 48.6 Å². The first kappa shape index (κ1) is 19.2. The molecule has 0 aliphatic carbocycles. The molecule has 0 atom stereocenters. The Bertz CT molecular complexity index is 1080. The van der Waals surface area contributed by atoms with Crippen molar-refractivity contribution in [1.29, 1.82) is 0 Å². The van der Waals surface area contributed by atoms with Crippen molar-refractivity contribution in [3.8, 4) is 22.7 Å². The van der Waals surface area contributed by atoms with Crippen LogP contribution in [0.15, 0.2) is 56.8 Å². The van der Waals surface area contributed by atoms with Gasteiger partial charge in [0.05, 0.1) is 6.54 Å². The molecular formula is C22H23N5O2S. The van der Waals surface area contributed by atoms with Gasteiger partial charge in [0.1, 0.15) is 17.0 Å². The van der Waals surface area contributed by atoms with Gasteiger partial charge in [-0.2, -0.15) is 0 Å². The van der Waals surface area contributed by atoms with Gasteiger partial charge in [0.15, 0.2) is 0 Å². The van der Waals surface area contributed by atoms with Crippen LogP contribution < -0.4 is 0 Å². The van der Waals surface area contributed by atoms with E-state index in [0.717, 1.165) is 49.5 Å². The minimum atomic E-state index is 0.457. The predicted molar refractivity (Wildman–Crippen MR) is 115 cm³/mol. The molecule has 0 N–H and O–H groups in total. The average Bonchev–Trinajstić information content (AvgIpc) is 3.52. The summed E-state index contributed by atoms with van der Waals surface area (Å²) in [6.45, 7) is 7.63. The van der Waals surface area contributed by atoms with Crippen molar-refractivity contribution >= 4 is 11.3 Å². The third kappa shape index (κ3) is 4.07. The molecule has 0 radical (unpaired) electrons. The Morgan fingerprint density at radius 3 is 2.43 bits per heavy atom. The van der Waals surface area contributed by atoms with Gasteiger partial charge in [-0.05, 0) is 18.4 Å². The standard InChI is InChI=1S/C22H23N5O2S/c1-16-20(21(25-29-16)17-6-3-2-4-7-17)22-24-23-19(28-22)15-27-11-9-26(10-12-27)14-18-8-5-13-30-18/h2-8,13H,9-12,14-15H2,1H3. The van der Waals surface area contributed by atoms with Crippen LogP contribution in [0.5, 0.6) is 0 Å². The maximum Gasteiger partial charge on any atom is 0.253 e. The minimum Gasteiger partial charge on any atom is -0.419 e. The van der Waals surface area contributed by atoms with E-state index < -0.39 is 0 Å². The largest absolute Gasteiger partial charge is 0.419 e. The molecule has 3 aromatic heterocycles. The molecule has 1 aromatic carbocycles. The van der Waals surface area contributed by atoms with Crippen molar-refractivity contribution in [3.63, 3.8) is 0 Å². The maximum atomic E-state index is 6.01. The zero-order valence-corrected chi connectivity index (χ0v) is 17.6. The Balaban J connectivity index is 1.25. The molecule has 0 spiro atoms. The minimum absolute atomic E-state index is 0.457. The van der Waals surface area contributed by atoms with Crippen LogP contribution >= 0.6 is 11.3 Å². The Kier molecular flexibility index (Phi) is 5.44. The van der Waals surface area contributed by atoms with Crippen LogP contribution in [0, 0.1) is 6.92 Å². The Morgan fingerprint density at radius 2 is 1.70 bits per heavy atom. The summed E-state index contributed by atoms with van der Waals surface area (Å²) in [5, 5.41) is 14.9. The summed E-state index contributed by atoms with van der Waals surface area (Å²) in [5.41, 5.74) is 2.46. The number of aromatic nitrogens is 3. The van der Waals surface area contributed by atoms with E-state index in [0.29, 0.717) is 24.1 Å². The van der Waals surface area contributed by atoms with Crippen LogP contribution in [-0.2, 0) is 13.1 Å². The number of benzene rings is 1. The van der Waals surface area contributed by atoms with Crippen LogP contribution in [-0.4, -0.2) is 51.3 Å². The highest BCUT2D eigenvalue weighted by Gasteiger charge is 2.23. The van der Waals surface area contributed by atoms with E-state index in [1.54, 1.807) is 0 Å². The lowest BCUT2D eigenvalue weighted by atomic mass is 10.1. The molecule has 0 saturated carbocycles. The molecule has 1 fully saturated rings. The monoisotopic (exact) mass is 421 g/mol. The molecule has 1 aliphatic heterocycles. The first-order valence-corrected chi connectivity index (χ1v) is 11.0. The highest BCUT2D eigenvalue weighted by molar-refractivity contribution is 7.09. The van der Waals surface area contributed by atoms with Gasteiger partial charge in [0.25, 0.3) is 5.89 Å². The number of nitrogens with zero attached hydrogens (tertiary/aromatic N) is 5. The smallest absolute Gasteiger partial charge is 0.253 e. The number of piperazine rings is 1. The second kappa shape index (κ2) is 8.51. The topological polar surface area (TPSA) is 71.4 Å². The van der Waals surface area contributed by atoms with Gasteiger partial charge in [-0.3, -0.25) is 9.80 Å². The number of rotatable bonds is 6. The normalized spacial score (nSPS) is 15.6. The first-order chi connectivity index (χ1) is 14.8. The summed E-state index contributed by atoms with van der Waals surface area (Å²) in [6.07, 6.45) is 0. The fourth-order valence-electron chi connectivity index (χ4n) is 3.76. The van der Waals surface area contributed by atoms with Gasteiger partial charge in [-0.1, -0.05) is 41.6 Å². The molecular weight excluding hydrogens is 398 g/mol. The lowest BCUT2D eigenvalue weighted by molar-refractivity contribution is 0.115. The predicted octanol–water partition coefficient (Wildman–Crippen LogP) is 4.08. The summed E-state index contributed by atoms with van der Waals surface area (Å²) in [4.78, 5) is 6.28. The highest BCUT2D eigenvalue weighted by Crippen LogP contribution is 2.33. The Morgan fingerprint density at radius 1 is 0.933 bits per heavy atom. The van der Waals surface area contributed by atoms with E-state index in [-0.39, 0.29) is 0 Å².